The second-order valence-corrected chi connectivity index (χ2v) is 5.25. The minimum absolute atomic E-state index is 0.114. The Bertz CT molecular complexity index is 350. The van der Waals surface area contributed by atoms with Crippen molar-refractivity contribution in [2.24, 2.45) is 5.92 Å². The average molecular weight is 302 g/mol. The molecule has 0 aromatic heterocycles. The van der Waals surface area contributed by atoms with E-state index in [1.165, 1.54) is 0 Å². The van der Waals surface area contributed by atoms with Gasteiger partial charge in [-0.05, 0) is 19.9 Å². The van der Waals surface area contributed by atoms with Crippen LogP contribution in [0.5, 0.6) is 0 Å². The number of nitrogens with one attached hydrogen (secondary N) is 1. The summed E-state index contributed by atoms with van der Waals surface area (Å²) in [5.41, 5.74) is 0. The molecule has 1 amide bonds. The molecule has 0 radical (unpaired) electrons. The van der Waals surface area contributed by atoms with Crippen molar-refractivity contribution in [2.45, 2.75) is 32.4 Å². The Morgan fingerprint density at radius 2 is 2.19 bits per heavy atom. The van der Waals surface area contributed by atoms with Crippen molar-refractivity contribution in [3.8, 4) is 0 Å². The summed E-state index contributed by atoms with van der Waals surface area (Å²) in [5.74, 6) is -1.56. The van der Waals surface area contributed by atoms with Crippen molar-refractivity contribution in [2.75, 3.05) is 40.0 Å². The molecule has 0 spiro atoms. The zero-order valence-corrected chi connectivity index (χ0v) is 13.0. The third kappa shape index (κ3) is 4.94. The van der Waals surface area contributed by atoms with Gasteiger partial charge in [-0.1, -0.05) is 6.92 Å². The lowest BCUT2D eigenvalue weighted by Gasteiger charge is -2.34. The van der Waals surface area contributed by atoms with Crippen LogP contribution in [-0.2, 0) is 19.1 Å². The van der Waals surface area contributed by atoms with Gasteiger partial charge in [-0.25, -0.2) is 0 Å². The van der Waals surface area contributed by atoms with Crippen LogP contribution in [0.15, 0.2) is 0 Å². The van der Waals surface area contributed by atoms with Crippen LogP contribution >= 0.6 is 0 Å². The van der Waals surface area contributed by atoms with Gasteiger partial charge in [-0.3, -0.25) is 14.5 Å². The van der Waals surface area contributed by atoms with Crippen LogP contribution < -0.4 is 5.32 Å². The predicted molar refractivity (Wildman–Crippen MR) is 77.1 cm³/mol. The lowest BCUT2D eigenvalue weighted by molar-refractivity contribution is -0.144. The Labute approximate surface area is 125 Å². The normalized spacial score (nSPS) is 23.2. The lowest BCUT2D eigenvalue weighted by Crippen LogP contribution is -2.53. The predicted octanol–water partition coefficient (Wildman–Crippen LogP) is -0.0509. The van der Waals surface area contributed by atoms with E-state index in [1.807, 2.05) is 11.8 Å². The third-order valence-electron chi connectivity index (χ3n) is 3.76. The molecular formula is C14H26N2O5. The molecule has 1 fully saturated rings. The minimum Gasteiger partial charge on any atom is -0.481 e. The number of rotatable bonds is 9. The molecule has 1 aliphatic heterocycles. The lowest BCUT2D eigenvalue weighted by atomic mass is 10.00. The Kier molecular flexibility index (Phi) is 7.63. The van der Waals surface area contributed by atoms with Gasteiger partial charge in [0.1, 0.15) is 0 Å². The minimum atomic E-state index is -0.870. The molecule has 1 heterocycles. The van der Waals surface area contributed by atoms with Gasteiger partial charge in [0.2, 0.25) is 5.91 Å². The molecule has 1 rings (SSSR count). The van der Waals surface area contributed by atoms with Crippen LogP contribution in [0.3, 0.4) is 0 Å². The highest BCUT2D eigenvalue weighted by Crippen LogP contribution is 2.22. The Morgan fingerprint density at radius 1 is 1.48 bits per heavy atom. The second kappa shape index (κ2) is 8.96. The number of aliphatic carboxylic acids is 1. The van der Waals surface area contributed by atoms with Crippen LogP contribution in [-0.4, -0.2) is 74.0 Å². The summed E-state index contributed by atoms with van der Waals surface area (Å²) in [6.45, 7) is 5.93. The maximum Gasteiger partial charge on any atom is 0.310 e. The maximum absolute atomic E-state index is 12.2. The van der Waals surface area contributed by atoms with Gasteiger partial charge in [-0.15, -0.1) is 0 Å². The van der Waals surface area contributed by atoms with E-state index >= 15 is 0 Å². The van der Waals surface area contributed by atoms with E-state index in [0.29, 0.717) is 26.3 Å². The largest absolute Gasteiger partial charge is 0.481 e. The second-order valence-electron chi connectivity index (χ2n) is 5.25. The molecule has 3 atom stereocenters. The Morgan fingerprint density at radius 3 is 2.76 bits per heavy atom. The molecule has 0 aliphatic carbocycles. The van der Waals surface area contributed by atoms with Crippen molar-refractivity contribution in [1.82, 2.24) is 10.2 Å². The fourth-order valence-corrected chi connectivity index (χ4v) is 2.59. The zero-order valence-electron chi connectivity index (χ0n) is 13.0. The quantitative estimate of drug-likeness (QED) is 0.581. The number of carbonyl (C=O) groups is 2. The highest BCUT2D eigenvalue weighted by molar-refractivity contribution is 5.81. The van der Waals surface area contributed by atoms with E-state index in [2.05, 4.69) is 5.32 Å². The summed E-state index contributed by atoms with van der Waals surface area (Å²) >= 11 is 0. The number of carboxylic acids is 1. The first kappa shape index (κ1) is 17.9. The smallest absolute Gasteiger partial charge is 0.310 e. The van der Waals surface area contributed by atoms with Gasteiger partial charge < -0.3 is 19.9 Å². The number of hydrogen-bond acceptors (Lipinski definition) is 5. The molecule has 0 bridgehead atoms. The van der Waals surface area contributed by atoms with Crippen LogP contribution in [0.1, 0.15) is 20.3 Å². The van der Waals surface area contributed by atoms with E-state index < -0.39 is 17.9 Å². The number of carbonyl (C=O) groups excluding carboxylic acids is 1. The van der Waals surface area contributed by atoms with Crippen molar-refractivity contribution in [3.05, 3.63) is 0 Å². The van der Waals surface area contributed by atoms with Gasteiger partial charge in [0.25, 0.3) is 0 Å². The van der Waals surface area contributed by atoms with Crippen LogP contribution in [0.2, 0.25) is 0 Å². The van der Waals surface area contributed by atoms with Crippen molar-refractivity contribution < 1.29 is 24.2 Å². The van der Waals surface area contributed by atoms with Gasteiger partial charge in [-0.2, -0.15) is 0 Å². The fraction of sp³-hybridized carbons (Fsp3) is 0.857. The summed E-state index contributed by atoms with van der Waals surface area (Å²) in [6, 6.07) is -0.652. The first-order valence-electron chi connectivity index (χ1n) is 7.35. The van der Waals surface area contributed by atoms with Crippen molar-refractivity contribution >= 4 is 11.9 Å². The number of hydrogen-bond donors (Lipinski definition) is 2. The molecule has 1 saturated heterocycles. The molecule has 0 aromatic rings. The van der Waals surface area contributed by atoms with Crippen LogP contribution in [0.25, 0.3) is 0 Å². The fourth-order valence-electron chi connectivity index (χ4n) is 2.59. The topological polar surface area (TPSA) is 88.1 Å². The van der Waals surface area contributed by atoms with Gasteiger partial charge in [0.15, 0.2) is 0 Å². The van der Waals surface area contributed by atoms with Crippen LogP contribution in [0.4, 0.5) is 0 Å². The van der Waals surface area contributed by atoms with Gasteiger partial charge >= 0.3 is 5.97 Å². The molecule has 1 aliphatic rings. The standard InChI is InChI=1S/C14H26N2O5/c1-4-6-16(10(2)13(17)15-5-7-20-3)12-9-21-8-11(12)14(18)19/h10-12H,4-9H2,1-3H3,(H,15,17)(H,18,19). The van der Waals surface area contributed by atoms with E-state index in [1.54, 1.807) is 14.0 Å². The molecule has 21 heavy (non-hydrogen) atoms. The average Bonchev–Trinajstić information content (AvgIpc) is 2.93. The van der Waals surface area contributed by atoms with Gasteiger partial charge in [0.05, 0.1) is 31.8 Å². The third-order valence-corrected chi connectivity index (χ3v) is 3.76. The molecular weight excluding hydrogens is 276 g/mol. The van der Waals surface area contributed by atoms with E-state index in [4.69, 9.17) is 9.47 Å². The number of carboxylic acid groups (broad SMARTS) is 1. The number of amides is 1. The molecule has 7 nitrogen and oxygen atoms in total. The van der Waals surface area contributed by atoms with Gasteiger partial charge in [0, 0.05) is 19.7 Å². The first-order chi connectivity index (χ1) is 10.0. The number of nitrogens with zero attached hydrogens (tertiary/aromatic N) is 1. The molecule has 122 valence electrons. The molecule has 7 heteroatoms. The molecule has 3 unspecified atom stereocenters. The molecule has 0 aromatic carbocycles. The highest BCUT2D eigenvalue weighted by Gasteiger charge is 2.40. The summed E-state index contributed by atoms with van der Waals surface area (Å²) < 4.78 is 10.2. The van der Waals surface area contributed by atoms with E-state index in [0.717, 1.165) is 6.42 Å². The van der Waals surface area contributed by atoms with Crippen molar-refractivity contribution in [1.29, 1.82) is 0 Å². The number of ether oxygens (including phenoxy) is 2. The summed E-state index contributed by atoms with van der Waals surface area (Å²) in [4.78, 5) is 25.4. The summed E-state index contributed by atoms with van der Waals surface area (Å²) in [6.07, 6.45) is 0.846. The highest BCUT2D eigenvalue weighted by atomic mass is 16.5. The molecule has 0 saturated carbocycles. The Hall–Kier alpha value is -1.18. The summed E-state index contributed by atoms with van der Waals surface area (Å²) in [5, 5.41) is 12.1. The molecule has 2 N–H and O–H groups in total. The monoisotopic (exact) mass is 302 g/mol. The van der Waals surface area contributed by atoms with E-state index in [9.17, 15) is 14.7 Å². The SMILES string of the molecule is CCCN(C(C)C(=O)NCCOC)C1COCC1C(=O)O. The summed E-state index contributed by atoms with van der Waals surface area (Å²) in [7, 11) is 1.58. The Balaban J connectivity index is 2.70. The van der Waals surface area contributed by atoms with E-state index in [-0.39, 0.29) is 18.6 Å². The first-order valence-corrected chi connectivity index (χ1v) is 7.35. The number of methoxy groups -OCH3 is 1. The van der Waals surface area contributed by atoms with Crippen molar-refractivity contribution in [3.63, 3.8) is 0 Å². The van der Waals surface area contributed by atoms with Crippen LogP contribution in [0, 0.1) is 5.92 Å². The maximum atomic E-state index is 12.2. The zero-order chi connectivity index (χ0) is 15.8.